The SMILES string of the molecule is Cc1c(C(=O)N2CCNCC2c2cccnc2)cnn1-c1ccc(F)cc1. The fourth-order valence-electron chi connectivity index (χ4n) is 3.44. The minimum atomic E-state index is -0.306. The number of pyridine rings is 1. The Morgan fingerprint density at radius 3 is 2.78 bits per heavy atom. The average molecular weight is 365 g/mol. The van der Waals surface area contributed by atoms with Crippen molar-refractivity contribution in [1.82, 2.24) is 25.0 Å². The van der Waals surface area contributed by atoms with Gasteiger partial charge in [0.15, 0.2) is 0 Å². The summed E-state index contributed by atoms with van der Waals surface area (Å²) in [5.41, 5.74) is 3.00. The molecule has 1 aromatic carbocycles. The predicted molar refractivity (Wildman–Crippen MR) is 99.1 cm³/mol. The van der Waals surface area contributed by atoms with Gasteiger partial charge in [-0.2, -0.15) is 5.10 Å². The first-order chi connectivity index (χ1) is 13.1. The maximum absolute atomic E-state index is 13.3. The molecule has 0 aliphatic carbocycles. The van der Waals surface area contributed by atoms with Crippen LogP contribution in [0.4, 0.5) is 4.39 Å². The van der Waals surface area contributed by atoms with Crippen molar-refractivity contribution in [1.29, 1.82) is 0 Å². The number of rotatable bonds is 3. The molecule has 1 atom stereocenters. The van der Waals surface area contributed by atoms with E-state index in [2.05, 4.69) is 15.4 Å². The van der Waals surface area contributed by atoms with Crippen molar-refractivity contribution in [3.63, 3.8) is 0 Å². The van der Waals surface area contributed by atoms with E-state index in [0.717, 1.165) is 23.5 Å². The summed E-state index contributed by atoms with van der Waals surface area (Å²) in [6.45, 7) is 3.89. The number of aromatic nitrogens is 3. The lowest BCUT2D eigenvalue weighted by Gasteiger charge is -2.36. The van der Waals surface area contributed by atoms with Gasteiger partial charge in [-0.15, -0.1) is 0 Å². The zero-order valence-corrected chi connectivity index (χ0v) is 15.0. The monoisotopic (exact) mass is 365 g/mol. The lowest BCUT2D eigenvalue weighted by molar-refractivity contribution is 0.0633. The first-order valence-corrected chi connectivity index (χ1v) is 8.87. The van der Waals surface area contributed by atoms with Crippen molar-refractivity contribution in [3.8, 4) is 5.69 Å². The van der Waals surface area contributed by atoms with E-state index < -0.39 is 0 Å². The zero-order valence-electron chi connectivity index (χ0n) is 15.0. The van der Waals surface area contributed by atoms with Gasteiger partial charge in [0, 0.05) is 32.0 Å². The normalized spacial score (nSPS) is 17.1. The van der Waals surface area contributed by atoms with Gasteiger partial charge in [-0.1, -0.05) is 6.07 Å². The molecule has 4 rings (SSSR count). The highest BCUT2D eigenvalue weighted by Gasteiger charge is 2.30. The number of halogens is 1. The third-order valence-electron chi connectivity index (χ3n) is 4.88. The van der Waals surface area contributed by atoms with Crippen molar-refractivity contribution < 1.29 is 9.18 Å². The van der Waals surface area contributed by atoms with E-state index in [1.807, 2.05) is 24.0 Å². The van der Waals surface area contributed by atoms with Crippen LogP contribution in [0.15, 0.2) is 55.0 Å². The number of hydrogen-bond acceptors (Lipinski definition) is 4. The van der Waals surface area contributed by atoms with Crippen molar-refractivity contribution >= 4 is 5.91 Å². The third kappa shape index (κ3) is 3.33. The molecule has 0 radical (unpaired) electrons. The topological polar surface area (TPSA) is 63.1 Å². The molecule has 1 N–H and O–H groups in total. The van der Waals surface area contributed by atoms with Gasteiger partial charge in [-0.25, -0.2) is 9.07 Å². The molecule has 1 fully saturated rings. The third-order valence-corrected chi connectivity index (χ3v) is 4.88. The van der Waals surface area contributed by atoms with E-state index >= 15 is 0 Å². The Bertz CT molecular complexity index is 939. The molecule has 1 saturated heterocycles. The summed E-state index contributed by atoms with van der Waals surface area (Å²) < 4.78 is 14.8. The van der Waals surface area contributed by atoms with Gasteiger partial charge in [0.25, 0.3) is 5.91 Å². The van der Waals surface area contributed by atoms with E-state index in [4.69, 9.17) is 0 Å². The second-order valence-corrected chi connectivity index (χ2v) is 6.54. The van der Waals surface area contributed by atoms with Crippen molar-refractivity contribution in [3.05, 3.63) is 77.6 Å². The molecule has 1 aliphatic rings. The molecule has 0 saturated carbocycles. The van der Waals surface area contributed by atoms with Crippen LogP contribution in [0.2, 0.25) is 0 Å². The molecule has 3 aromatic rings. The number of nitrogens with zero attached hydrogens (tertiary/aromatic N) is 4. The molecule has 138 valence electrons. The van der Waals surface area contributed by atoms with Crippen molar-refractivity contribution in [2.75, 3.05) is 19.6 Å². The minimum Gasteiger partial charge on any atom is -0.329 e. The molecular weight excluding hydrogens is 345 g/mol. The second-order valence-electron chi connectivity index (χ2n) is 6.54. The fraction of sp³-hybridized carbons (Fsp3) is 0.250. The number of carbonyl (C=O) groups is 1. The summed E-state index contributed by atoms with van der Waals surface area (Å²) in [5.74, 6) is -0.365. The van der Waals surface area contributed by atoms with E-state index in [1.54, 1.807) is 35.4 Å². The van der Waals surface area contributed by atoms with Crippen LogP contribution >= 0.6 is 0 Å². The summed E-state index contributed by atoms with van der Waals surface area (Å²) in [5, 5.41) is 7.69. The number of benzene rings is 1. The molecule has 1 amide bonds. The number of amides is 1. The number of carbonyl (C=O) groups excluding carboxylic acids is 1. The van der Waals surface area contributed by atoms with Gasteiger partial charge < -0.3 is 10.2 Å². The largest absolute Gasteiger partial charge is 0.329 e. The molecule has 0 bridgehead atoms. The summed E-state index contributed by atoms with van der Waals surface area (Å²) in [6.07, 6.45) is 5.11. The maximum Gasteiger partial charge on any atom is 0.257 e. The smallest absolute Gasteiger partial charge is 0.257 e. The molecular formula is C20H20FN5O. The lowest BCUT2D eigenvalue weighted by Crippen LogP contribution is -2.48. The number of piperazine rings is 1. The quantitative estimate of drug-likeness (QED) is 0.775. The van der Waals surface area contributed by atoms with E-state index in [-0.39, 0.29) is 17.8 Å². The highest BCUT2D eigenvalue weighted by atomic mass is 19.1. The van der Waals surface area contributed by atoms with Crippen LogP contribution in [0.5, 0.6) is 0 Å². The molecule has 0 spiro atoms. The fourth-order valence-corrected chi connectivity index (χ4v) is 3.44. The second kappa shape index (κ2) is 7.28. The first-order valence-electron chi connectivity index (χ1n) is 8.87. The van der Waals surface area contributed by atoms with Crippen LogP contribution in [-0.2, 0) is 0 Å². The van der Waals surface area contributed by atoms with Crippen LogP contribution in [0.3, 0.4) is 0 Å². The molecule has 2 aromatic heterocycles. The van der Waals surface area contributed by atoms with Crippen LogP contribution < -0.4 is 5.32 Å². The molecule has 3 heterocycles. The predicted octanol–water partition coefficient (Wildman–Crippen LogP) is 2.50. The number of nitrogens with one attached hydrogen (secondary N) is 1. The molecule has 27 heavy (non-hydrogen) atoms. The highest BCUT2D eigenvalue weighted by molar-refractivity contribution is 5.95. The Kier molecular flexibility index (Phi) is 4.68. The van der Waals surface area contributed by atoms with Crippen LogP contribution in [-0.4, -0.2) is 45.2 Å². The lowest BCUT2D eigenvalue weighted by atomic mass is 10.0. The van der Waals surface area contributed by atoms with Crippen LogP contribution in [0.1, 0.15) is 27.7 Å². The summed E-state index contributed by atoms with van der Waals surface area (Å²) >= 11 is 0. The Morgan fingerprint density at radius 1 is 1.22 bits per heavy atom. The number of hydrogen-bond donors (Lipinski definition) is 1. The maximum atomic E-state index is 13.3. The van der Waals surface area contributed by atoms with E-state index in [9.17, 15) is 9.18 Å². The van der Waals surface area contributed by atoms with E-state index in [1.165, 1.54) is 12.1 Å². The van der Waals surface area contributed by atoms with Gasteiger partial charge in [-0.05, 0) is 42.8 Å². The average Bonchev–Trinajstić information content (AvgIpc) is 3.10. The van der Waals surface area contributed by atoms with Crippen LogP contribution in [0, 0.1) is 12.7 Å². The molecule has 1 aliphatic heterocycles. The zero-order chi connectivity index (χ0) is 18.8. The standard InChI is InChI=1S/C20H20FN5O/c1-14-18(12-24-26(14)17-6-4-16(21)5-7-17)20(27)25-10-9-23-13-19(25)15-3-2-8-22-11-15/h2-8,11-12,19,23H,9-10,13H2,1H3. The minimum absolute atomic E-state index is 0.0591. The van der Waals surface area contributed by atoms with Gasteiger partial charge in [0.1, 0.15) is 5.82 Å². The summed E-state index contributed by atoms with van der Waals surface area (Å²) in [7, 11) is 0. The van der Waals surface area contributed by atoms with Gasteiger partial charge in [0.05, 0.1) is 29.2 Å². The summed E-state index contributed by atoms with van der Waals surface area (Å²) in [6, 6.07) is 9.84. The molecule has 6 nitrogen and oxygen atoms in total. The summed E-state index contributed by atoms with van der Waals surface area (Å²) in [4.78, 5) is 19.3. The Balaban J connectivity index is 1.65. The highest BCUT2D eigenvalue weighted by Crippen LogP contribution is 2.25. The molecule has 1 unspecified atom stereocenters. The van der Waals surface area contributed by atoms with Crippen LogP contribution in [0.25, 0.3) is 5.69 Å². The Morgan fingerprint density at radius 2 is 2.04 bits per heavy atom. The Labute approximate surface area is 156 Å². The van der Waals surface area contributed by atoms with Gasteiger partial charge >= 0.3 is 0 Å². The first kappa shape index (κ1) is 17.4. The Hall–Kier alpha value is -3.06. The van der Waals surface area contributed by atoms with E-state index in [0.29, 0.717) is 18.7 Å². The van der Waals surface area contributed by atoms with Crippen molar-refractivity contribution in [2.24, 2.45) is 0 Å². The molecule has 7 heteroatoms. The van der Waals surface area contributed by atoms with Gasteiger partial charge in [-0.3, -0.25) is 9.78 Å². The van der Waals surface area contributed by atoms with Crippen molar-refractivity contribution in [2.45, 2.75) is 13.0 Å². The van der Waals surface area contributed by atoms with Gasteiger partial charge in [0.2, 0.25) is 0 Å².